The highest BCUT2D eigenvalue weighted by atomic mass is 31.2. The quantitative estimate of drug-likeness (QED) is 0.425. The molecule has 0 amide bonds. The SMILES string of the molecule is CCP(=O)(O)OC(CCCCC(=O)O)C(=O)O. The van der Waals surface area contributed by atoms with E-state index in [0.717, 1.165) is 0 Å². The summed E-state index contributed by atoms with van der Waals surface area (Å²) in [4.78, 5) is 30.1. The number of hydrogen-bond acceptors (Lipinski definition) is 4. The minimum Gasteiger partial charge on any atom is -0.481 e. The molecular weight excluding hydrogens is 251 g/mol. The summed E-state index contributed by atoms with van der Waals surface area (Å²) < 4.78 is 15.8. The molecule has 0 aliphatic carbocycles. The Morgan fingerprint density at radius 3 is 2.29 bits per heavy atom. The summed E-state index contributed by atoms with van der Waals surface area (Å²) in [5, 5.41) is 17.1. The van der Waals surface area contributed by atoms with Crippen LogP contribution in [-0.4, -0.2) is 39.3 Å². The topological polar surface area (TPSA) is 121 Å². The Morgan fingerprint density at radius 2 is 1.88 bits per heavy atom. The first-order chi connectivity index (χ1) is 7.78. The van der Waals surface area contributed by atoms with E-state index in [2.05, 4.69) is 4.52 Å². The maximum absolute atomic E-state index is 11.2. The van der Waals surface area contributed by atoms with E-state index >= 15 is 0 Å². The van der Waals surface area contributed by atoms with Crippen molar-refractivity contribution in [3.8, 4) is 0 Å². The van der Waals surface area contributed by atoms with E-state index in [9.17, 15) is 14.2 Å². The zero-order valence-corrected chi connectivity index (χ0v) is 10.4. The molecule has 2 atom stereocenters. The second-order valence-electron chi connectivity index (χ2n) is 3.53. The zero-order valence-electron chi connectivity index (χ0n) is 9.53. The van der Waals surface area contributed by atoms with Crippen molar-refractivity contribution >= 4 is 19.5 Å². The van der Waals surface area contributed by atoms with Gasteiger partial charge in [0.15, 0.2) is 6.10 Å². The maximum atomic E-state index is 11.2. The monoisotopic (exact) mass is 268 g/mol. The van der Waals surface area contributed by atoms with E-state index in [1.807, 2.05) is 0 Å². The van der Waals surface area contributed by atoms with Gasteiger partial charge >= 0.3 is 19.5 Å². The molecule has 0 aromatic carbocycles. The van der Waals surface area contributed by atoms with Crippen LogP contribution in [0.25, 0.3) is 0 Å². The van der Waals surface area contributed by atoms with Crippen molar-refractivity contribution in [2.75, 3.05) is 6.16 Å². The normalized spacial score (nSPS) is 16.1. The summed E-state index contributed by atoms with van der Waals surface area (Å²) in [6.07, 6.45) is -0.938. The van der Waals surface area contributed by atoms with Crippen LogP contribution < -0.4 is 0 Å². The number of carbonyl (C=O) groups is 2. The first-order valence-electron chi connectivity index (χ1n) is 5.23. The van der Waals surface area contributed by atoms with Crippen molar-refractivity contribution in [1.29, 1.82) is 0 Å². The molecule has 0 fully saturated rings. The fourth-order valence-corrected chi connectivity index (χ4v) is 1.84. The first kappa shape index (κ1) is 16.1. The number of aliphatic carboxylic acids is 2. The van der Waals surface area contributed by atoms with Gasteiger partial charge in [-0.05, 0) is 19.3 Å². The highest BCUT2D eigenvalue weighted by Crippen LogP contribution is 2.43. The molecule has 0 aliphatic heterocycles. The summed E-state index contributed by atoms with van der Waals surface area (Å²) in [5.74, 6) is -2.28. The number of carboxylic acid groups (broad SMARTS) is 2. The molecule has 0 spiro atoms. The van der Waals surface area contributed by atoms with Gasteiger partial charge in [-0.3, -0.25) is 13.9 Å². The summed E-state index contributed by atoms with van der Waals surface area (Å²) in [7, 11) is -3.85. The van der Waals surface area contributed by atoms with Gasteiger partial charge < -0.3 is 15.1 Å². The number of carboxylic acids is 2. The van der Waals surface area contributed by atoms with Crippen molar-refractivity contribution < 1.29 is 33.8 Å². The molecule has 8 heteroatoms. The number of hydrogen-bond donors (Lipinski definition) is 3. The Bertz CT molecular complexity index is 314. The fourth-order valence-electron chi connectivity index (χ4n) is 1.10. The van der Waals surface area contributed by atoms with E-state index in [-0.39, 0.29) is 19.0 Å². The van der Waals surface area contributed by atoms with Crippen LogP contribution in [0.3, 0.4) is 0 Å². The lowest BCUT2D eigenvalue weighted by atomic mass is 10.1. The molecule has 0 saturated heterocycles. The minimum absolute atomic E-state index is 0.0210. The fraction of sp³-hybridized carbons (Fsp3) is 0.778. The molecule has 100 valence electrons. The Morgan fingerprint density at radius 1 is 1.29 bits per heavy atom. The highest BCUT2D eigenvalue weighted by molar-refractivity contribution is 7.52. The molecule has 0 radical (unpaired) electrons. The van der Waals surface area contributed by atoms with Crippen molar-refractivity contribution in [2.24, 2.45) is 0 Å². The van der Waals surface area contributed by atoms with Gasteiger partial charge in [0.1, 0.15) is 0 Å². The average molecular weight is 268 g/mol. The first-order valence-corrected chi connectivity index (χ1v) is 6.99. The van der Waals surface area contributed by atoms with Crippen LogP contribution in [-0.2, 0) is 18.7 Å². The van der Waals surface area contributed by atoms with Gasteiger partial charge in [0.25, 0.3) is 0 Å². The van der Waals surface area contributed by atoms with Crippen molar-refractivity contribution in [3.05, 3.63) is 0 Å². The lowest BCUT2D eigenvalue weighted by molar-refractivity contribution is -0.145. The third-order valence-electron chi connectivity index (χ3n) is 2.07. The molecule has 0 heterocycles. The smallest absolute Gasteiger partial charge is 0.333 e. The standard InChI is InChI=1S/C9H17O7P/c1-2-17(14,15)16-7(9(12)13)5-3-4-6-8(10)11/h7H,2-6H2,1H3,(H,10,11)(H,12,13)(H,14,15). The average Bonchev–Trinajstić information content (AvgIpc) is 2.22. The van der Waals surface area contributed by atoms with E-state index < -0.39 is 25.6 Å². The largest absolute Gasteiger partial charge is 0.481 e. The van der Waals surface area contributed by atoms with Crippen LogP contribution in [0.5, 0.6) is 0 Å². The molecule has 3 N–H and O–H groups in total. The van der Waals surface area contributed by atoms with Crippen LogP contribution in [0.15, 0.2) is 0 Å². The van der Waals surface area contributed by atoms with Crippen LogP contribution in [0, 0.1) is 0 Å². The number of rotatable bonds is 9. The Hall–Kier alpha value is -0.910. The predicted octanol–water partition coefficient (Wildman–Crippen LogP) is 1.31. The molecule has 0 aromatic heterocycles. The third kappa shape index (κ3) is 7.90. The molecule has 0 aliphatic rings. The van der Waals surface area contributed by atoms with Gasteiger partial charge in [0, 0.05) is 12.6 Å². The molecule has 0 aromatic rings. The summed E-state index contributed by atoms with van der Waals surface area (Å²) in [5.41, 5.74) is 0. The second kappa shape index (κ2) is 7.42. The maximum Gasteiger partial charge on any atom is 0.333 e. The van der Waals surface area contributed by atoms with Crippen molar-refractivity contribution in [2.45, 2.75) is 38.7 Å². The lowest BCUT2D eigenvalue weighted by Crippen LogP contribution is -2.23. The van der Waals surface area contributed by atoms with E-state index in [0.29, 0.717) is 12.8 Å². The molecule has 7 nitrogen and oxygen atoms in total. The van der Waals surface area contributed by atoms with Gasteiger partial charge in [-0.1, -0.05) is 6.92 Å². The van der Waals surface area contributed by atoms with Crippen LogP contribution in [0.2, 0.25) is 0 Å². The predicted molar refractivity (Wildman–Crippen MR) is 59.0 cm³/mol. The summed E-state index contributed by atoms with van der Waals surface area (Å²) in [6, 6.07) is 0. The molecule has 0 bridgehead atoms. The van der Waals surface area contributed by atoms with Gasteiger partial charge in [0.2, 0.25) is 0 Å². The van der Waals surface area contributed by atoms with E-state index in [4.69, 9.17) is 15.1 Å². The van der Waals surface area contributed by atoms with Crippen molar-refractivity contribution in [3.63, 3.8) is 0 Å². The Labute approximate surface area is 98.9 Å². The molecule has 0 saturated carbocycles. The molecule has 2 unspecified atom stereocenters. The van der Waals surface area contributed by atoms with Gasteiger partial charge in [-0.2, -0.15) is 0 Å². The van der Waals surface area contributed by atoms with Gasteiger partial charge in [-0.25, -0.2) is 4.79 Å². The van der Waals surface area contributed by atoms with Gasteiger partial charge in [-0.15, -0.1) is 0 Å². The van der Waals surface area contributed by atoms with E-state index in [1.54, 1.807) is 0 Å². The van der Waals surface area contributed by atoms with Crippen LogP contribution in [0.1, 0.15) is 32.6 Å². The molecule has 17 heavy (non-hydrogen) atoms. The Kier molecular flexibility index (Phi) is 7.03. The van der Waals surface area contributed by atoms with Crippen LogP contribution in [0.4, 0.5) is 0 Å². The minimum atomic E-state index is -3.85. The number of unbranched alkanes of at least 4 members (excludes halogenated alkanes) is 1. The highest BCUT2D eigenvalue weighted by Gasteiger charge is 2.27. The molecular formula is C9H17O7P. The van der Waals surface area contributed by atoms with Crippen molar-refractivity contribution in [1.82, 2.24) is 0 Å². The van der Waals surface area contributed by atoms with Gasteiger partial charge in [0.05, 0.1) is 0 Å². The zero-order chi connectivity index (χ0) is 13.5. The lowest BCUT2D eigenvalue weighted by Gasteiger charge is -2.16. The molecule has 0 rings (SSSR count). The second-order valence-corrected chi connectivity index (χ2v) is 5.64. The van der Waals surface area contributed by atoms with Crippen LogP contribution >= 0.6 is 7.60 Å². The van der Waals surface area contributed by atoms with E-state index in [1.165, 1.54) is 6.92 Å². The third-order valence-corrected chi connectivity index (χ3v) is 3.46. The Balaban J connectivity index is 4.13. The summed E-state index contributed by atoms with van der Waals surface area (Å²) >= 11 is 0. The summed E-state index contributed by atoms with van der Waals surface area (Å²) in [6.45, 7) is 1.42.